The van der Waals surface area contributed by atoms with Gasteiger partial charge in [0.1, 0.15) is 10.7 Å². The van der Waals surface area contributed by atoms with Gasteiger partial charge in [0.25, 0.3) is 0 Å². The lowest BCUT2D eigenvalue weighted by atomic mass is 10.0. The maximum Gasteiger partial charge on any atom is 0.180 e. The molecule has 0 aliphatic rings. The number of benzene rings is 1. The Labute approximate surface area is 115 Å². The third kappa shape index (κ3) is 3.04. The van der Waals surface area contributed by atoms with Crippen molar-refractivity contribution in [3.8, 4) is 0 Å². The van der Waals surface area contributed by atoms with Crippen LogP contribution in [0.5, 0.6) is 0 Å². The Balaban J connectivity index is 2.26. The van der Waals surface area contributed by atoms with Gasteiger partial charge in [-0.2, -0.15) is 0 Å². The lowest BCUT2D eigenvalue weighted by molar-refractivity contribution is 0.0995. The fourth-order valence-corrected chi connectivity index (χ4v) is 2.61. The van der Waals surface area contributed by atoms with E-state index in [0.29, 0.717) is 10.4 Å². The molecule has 2 rings (SSSR count). The summed E-state index contributed by atoms with van der Waals surface area (Å²) in [5, 5.41) is 3.99. The van der Waals surface area contributed by atoms with Crippen molar-refractivity contribution < 1.29 is 9.18 Å². The van der Waals surface area contributed by atoms with Gasteiger partial charge in [-0.05, 0) is 47.6 Å². The minimum Gasteiger partial charge on any atom is -0.293 e. The average molecular weight is 278 g/mol. The Morgan fingerprint density at radius 3 is 2.84 bits per heavy atom. The van der Waals surface area contributed by atoms with Gasteiger partial charge < -0.3 is 0 Å². The molecule has 0 N–H and O–H groups in total. The second kappa shape index (κ2) is 5.57. The van der Waals surface area contributed by atoms with Crippen LogP contribution in [0.4, 0.5) is 4.39 Å². The monoisotopic (exact) mass is 278 g/mol. The molecule has 0 saturated carbocycles. The molecule has 1 aromatic heterocycles. The SMILES string of the molecule is Cc1ccc(F)cc1CC(=O)c1snnc1C(C)C. The lowest BCUT2D eigenvalue weighted by Gasteiger charge is -2.06. The number of hydrogen-bond donors (Lipinski definition) is 0. The summed E-state index contributed by atoms with van der Waals surface area (Å²) in [7, 11) is 0. The molecule has 0 atom stereocenters. The average Bonchev–Trinajstić information content (AvgIpc) is 2.83. The van der Waals surface area contributed by atoms with Gasteiger partial charge in [0, 0.05) is 6.42 Å². The van der Waals surface area contributed by atoms with Crippen molar-refractivity contribution in [2.45, 2.75) is 33.1 Å². The Morgan fingerprint density at radius 1 is 1.42 bits per heavy atom. The van der Waals surface area contributed by atoms with E-state index in [-0.39, 0.29) is 23.9 Å². The topological polar surface area (TPSA) is 42.9 Å². The standard InChI is InChI=1S/C14H15FN2OS/c1-8(2)13-14(19-17-16-13)12(18)7-10-6-11(15)5-4-9(10)3/h4-6,8H,7H2,1-3H3. The molecule has 0 bridgehead atoms. The molecule has 0 unspecified atom stereocenters. The number of ketones is 1. The van der Waals surface area contributed by atoms with E-state index in [1.165, 1.54) is 12.1 Å². The van der Waals surface area contributed by atoms with Crippen LogP contribution in [0.3, 0.4) is 0 Å². The largest absolute Gasteiger partial charge is 0.293 e. The molecule has 0 aliphatic heterocycles. The van der Waals surface area contributed by atoms with Crippen LogP contribution in [0.1, 0.15) is 46.3 Å². The smallest absolute Gasteiger partial charge is 0.180 e. The number of carbonyl (C=O) groups is 1. The van der Waals surface area contributed by atoms with Crippen LogP contribution in [0.15, 0.2) is 18.2 Å². The zero-order chi connectivity index (χ0) is 14.0. The third-order valence-electron chi connectivity index (χ3n) is 2.98. The zero-order valence-electron chi connectivity index (χ0n) is 11.1. The number of nitrogens with zero attached hydrogens (tertiary/aromatic N) is 2. The molecule has 0 fully saturated rings. The van der Waals surface area contributed by atoms with Gasteiger partial charge in [0.05, 0.1) is 5.69 Å². The van der Waals surface area contributed by atoms with Gasteiger partial charge in [0.2, 0.25) is 0 Å². The Morgan fingerprint density at radius 2 is 2.16 bits per heavy atom. The lowest BCUT2D eigenvalue weighted by Crippen LogP contribution is -2.07. The summed E-state index contributed by atoms with van der Waals surface area (Å²) in [6, 6.07) is 4.50. The van der Waals surface area contributed by atoms with Crippen molar-refractivity contribution in [3.63, 3.8) is 0 Å². The molecule has 3 nitrogen and oxygen atoms in total. The van der Waals surface area contributed by atoms with Gasteiger partial charge >= 0.3 is 0 Å². The van der Waals surface area contributed by atoms with E-state index < -0.39 is 0 Å². The first-order valence-electron chi connectivity index (χ1n) is 6.09. The summed E-state index contributed by atoms with van der Waals surface area (Å²) >= 11 is 1.11. The molecule has 19 heavy (non-hydrogen) atoms. The van der Waals surface area contributed by atoms with Crippen LogP contribution < -0.4 is 0 Å². The molecule has 0 radical (unpaired) electrons. The highest BCUT2D eigenvalue weighted by atomic mass is 32.1. The van der Waals surface area contributed by atoms with E-state index in [2.05, 4.69) is 9.59 Å². The number of aromatic nitrogens is 2. The van der Waals surface area contributed by atoms with E-state index in [9.17, 15) is 9.18 Å². The predicted molar refractivity (Wildman–Crippen MR) is 73.2 cm³/mol. The van der Waals surface area contributed by atoms with Crippen LogP contribution in [0, 0.1) is 12.7 Å². The van der Waals surface area contributed by atoms with Crippen LogP contribution in [0.25, 0.3) is 0 Å². The first-order chi connectivity index (χ1) is 8.99. The maximum absolute atomic E-state index is 13.2. The predicted octanol–water partition coefficient (Wildman–Crippen LogP) is 3.53. The fourth-order valence-electron chi connectivity index (χ4n) is 1.85. The number of aryl methyl sites for hydroxylation is 1. The number of hydrogen-bond acceptors (Lipinski definition) is 4. The first-order valence-corrected chi connectivity index (χ1v) is 6.87. The zero-order valence-corrected chi connectivity index (χ0v) is 11.9. The summed E-state index contributed by atoms with van der Waals surface area (Å²) < 4.78 is 17.1. The highest BCUT2D eigenvalue weighted by molar-refractivity contribution is 7.08. The molecule has 0 amide bonds. The van der Waals surface area contributed by atoms with Crippen molar-refractivity contribution in [2.24, 2.45) is 0 Å². The van der Waals surface area contributed by atoms with Crippen molar-refractivity contribution >= 4 is 17.3 Å². The van der Waals surface area contributed by atoms with E-state index in [1.807, 2.05) is 20.8 Å². The maximum atomic E-state index is 13.2. The number of Topliss-reactive ketones (excluding diaryl/α,β-unsaturated/α-hetero) is 1. The second-order valence-electron chi connectivity index (χ2n) is 4.81. The fraction of sp³-hybridized carbons (Fsp3) is 0.357. The van der Waals surface area contributed by atoms with Gasteiger partial charge in [-0.1, -0.05) is 24.4 Å². The summed E-state index contributed by atoms with van der Waals surface area (Å²) in [6.45, 7) is 5.82. The number of carbonyl (C=O) groups excluding carboxylic acids is 1. The molecule has 0 spiro atoms. The highest BCUT2D eigenvalue weighted by Crippen LogP contribution is 2.22. The van der Waals surface area contributed by atoms with Gasteiger partial charge in [-0.25, -0.2) is 4.39 Å². The number of halogens is 1. The van der Waals surface area contributed by atoms with Crippen LogP contribution >= 0.6 is 11.5 Å². The quantitative estimate of drug-likeness (QED) is 0.803. The summed E-state index contributed by atoms with van der Waals surface area (Å²) in [5.74, 6) is -0.210. The van der Waals surface area contributed by atoms with Crippen LogP contribution in [-0.2, 0) is 6.42 Å². The molecular weight excluding hydrogens is 263 g/mol. The Kier molecular flexibility index (Phi) is 4.04. The molecule has 1 aromatic carbocycles. The highest BCUT2D eigenvalue weighted by Gasteiger charge is 2.19. The molecule has 5 heteroatoms. The van der Waals surface area contributed by atoms with Crippen molar-refractivity contribution in [3.05, 3.63) is 45.7 Å². The molecule has 0 aliphatic carbocycles. The van der Waals surface area contributed by atoms with E-state index >= 15 is 0 Å². The molecule has 0 saturated heterocycles. The second-order valence-corrected chi connectivity index (χ2v) is 5.57. The Bertz CT molecular complexity index is 607. The normalized spacial score (nSPS) is 11.0. The van der Waals surface area contributed by atoms with Gasteiger partial charge in [-0.15, -0.1) is 5.10 Å². The van der Waals surface area contributed by atoms with E-state index in [1.54, 1.807) is 6.07 Å². The number of rotatable bonds is 4. The first kappa shape index (κ1) is 13.8. The van der Waals surface area contributed by atoms with Crippen LogP contribution in [0.2, 0.25) is 0 Å². The summed E-state index contributed by atoms with van der Waals surface area (Å²) in [6.07, 6.45) is 0.188. The summed E-state index contributed by atoms with van der Waals surface area (Å²) in [4.78, 5) is 12.9. The molecular formula is C14H15FN2OS. The van der Waals surface area contributed by atoms with Crippen molar-refractivity contribution in [1.82, 2.24) is 9.59 Å². The van der Waals surface area contributed by atoms with E-state index in [0.717, 1.165) is 22.8 Å². The minimum atomic E-state index is -0.320. The van der Waals surface area contributed by atoms with Gasteiger partial charge in [0.15, 0.2) is 5.78 Å². The molecule has 100 valence electrons. The summed E-state index contributed by atoms with van der Waals surface area (Å²) in [5.41, 5.74) is 2.36. The minimum absolute atomic E-state index is 0.0487. The van der Waals surface area contributed by atoms with Gasteiger partial charge in [-0.3, -0.25) is 4.79 Å². The molecule has 1 heterocycles. The van der Waals surface area contributed by atoms with Crippen LogP contribution in [-0.4, -0.2) is 15.4 Å². The molecule has 2 aromatic rings. The Hall–Kier alpha value is -1.62. The van der Waals surface area contributed by atoms with Crippen molar-refractivity contribution in [2.75, 3.05) is 0 Å². The van der Waals surface area contributed by atoms with E-state index in [4.69, 9.17) is 0 Å². The third-order valence-corrected chi connectivity index (χ3v) is 3.76. The van der Waals surface area contributed by atoms with Crippen molar-refractivity contribution in [1.29, 1.82) is 0 Å².